The van der Waals surface area contributed by atoms with Crippen LogP contribution in [0.2, 0.25) is 5.02 Å². The zero-order valence-corrected chi connectivity index (χ0v) is 17.3. The Morgan fingerprint density at radius 1 is 1.30 bits per heavy atom. The maximum Gasteiger partial charge on any atom is 0.228 e. The first kappa shape index (κ1) is 20.2. The SMILES string of the molecule is C=CCn1c(SCC(=O)c2cc3c(cc2Cl)NC(=O)C3)nnc1-c1ccc(O)cc1. The zero-order valence-electron chi connectivity index (χ0n) is 15.8. The van der Waals surface area contributed by atoms with Gasteiger partial charge in [-0.3, -0.25) is 14.2 Å². The summed E-state index contributed by atoms with van der Waals surface area (Å²) < 4.78 is 1.85. The highest BCUT2D eigenvalue weighted by Gasteiger charge is 2.23. The van der Waals surface area contributed by atoms with Crippen molar-refractivity contribution in [1.82, 2.24) is 14.8 Å². The van der Waals surface area contributed by atoms with Gasteiger partial charge in [-0.25, -0.2) is 0 Å². The van der Waals surface area contributed by atoms with E-state index in [1.165, 1.54) is 11.8 Å². The van der Waals surface area contributed by atoms with Gasteiger partial charge in [0.15, 0.2) is 16.8 Å². The Hall–Kier alpha value is -3.10. The highest BCUT2D eigenvalue weighted by molar-refractivity contribution is 7.99. The number of anilines is 1. The summed E-state index contributed by atoms with van der Waals surface area (Å²) in [5.74, 6) is 0.623. The highest BCUT2D eigenvalue weighted by Crippen LogP contribution is 2.31. The van der Waals surface area contributed by atoms with Crippen molar-refractivity contribution in [2.24, 2.45) is 0 Å². The molecule has 1 aliphatic heterocycles. The molecule has 0 unspecified atom stereocenters. The number of phenols is 1. The topological polar surface area (TPSA) is 97.1 Å². The van der Waals surface area contributed by atoms with Crippen molar-refractivity contribution in [1.29, 1.82) is 0 Å². The molecule has 0 aliphatic carbocycles. The summed E-state index contributed by atoms with van der Waals surface area (Å²) in [6.07, 6.45) is 1.96. The fourth-order valence-electron chi connectivity index (χ4n) is 3.18. The van der Waals surface area contributed by atoms with Crippen LogP contribution in [-0.4, -0.2) is 37.3 Å². The molecule has 1 aromatic heterocycles. The molecule has 0 radical (unpaired) electrons. The predicted molar refractivity (Wildman–Crippen MR) is 116 cm³/mol. The summed E-state index contributed by atoms with van der Waals surface area (Å²) in [5, 5.41) is 21.5. The van der Waals surface area contributed by atoms with E-state index < -0.39 is 0 Å². The number of benzene rings is 2. The molecule has 152 valence electrons. The highest BCUT2D eigenvalue weighted by atomic mass is 35.5. The molecule has 0 saturated carbocycles. The molecule has 7 nitrogen and oxygen atoms in total. The third-order valence-electron chi connectivity index (χ3n) is 4.60. The van der Waals surface area contributed by atoms with Gasteiger partial charge in [0, 0.05) is 23.4 Å². The molecule has 0 bridgehead atoms. The van der Waals surface area contributed by atoms with Crippen molar-refractivity contribution in [2.45, 2.75) is 18.1 Å². The van der Waals surface area contributed by atoms with Crippen LogP contribution in [0.1, 0.15) is 15.9 Å². The Kier molecular flexibility index (Phi) is 5.61. The number of hydrogen-bond acceptors (Lipinski definition) is 6. The van der Waals surface area contributed by atoms with Crippen molar-refractivity contribution in [3.63, 3.8) is 0 Å². The van der Waals surface area contributed by atoms with E-state index in [0.717, 1.165) is 11.1 Å². The van der Waals surface area contributed by atoms with Gasteiger partial charge in [0.25, 0.3) is 0 Å². The lowest BCUT2D eigenvalue weighted by Crippen LogP contribution is -2.06. The second-order valence-corrected chi connectivity index (χ2v) is 8.03. The minimum absolute atomic E-state index is 0.112. The van der Waals surface area contributed by atoms with Crippen LogP contribution in [0.15, 0.2) is 54.2 Å². The van der Waals surface area contributed by atoms with Crippen LogP contribution in [0.3, 0.4) is 0 Å². The van der Waals surface area contributed by atoms with Crippen molar-refractivity contribution >= 4 is 40.7 Å². The minimum atomic E-state index is -0.161. The third-order valence-corrected chi connectivity index (χ3v) is 5.88. The molecule has 1 amide bonds. The smallest absolute Gasteiger partial charge is 0.228 e. The number of hydrogen-bond donors (Lipinski definition) is 2. The predicted octanol–water partition coefficient (Wildman–Crippen LogP) is 3.96. The van der Waals surface area contributed by atoms with E-state index in [-0.39, 0.29) is 29.6 Å². The van der Waals surface area contributed by atoms with E-state index in [2.05, 4.69) is 22.1 Å². The fourth-order valence-corrected chi connectivity index (χ4v) is 4.28. The van der Waals surface area contributed by atoms with E-state index in [9.17, 15) is 14.7 Å². The van der Waals surface area contributed by atoms with Crippen LogP contribution >= 0.6 is 23.4 Å². The number of amides is 1. The number of halogens is 1. The Morgan fingerprint density at radius 2 is 2.07 bits per heavy atom. The van der Waals surface area contributed by atoms with E-state index in [1.54, 1.807) is 42.5 Å². The summed E-state index contributed by atoms with van der Waals surface area (Å²) in [4.78, 5) is 24.3. The van der Waals surface area contributed by atoms with Gasteiger partial charge in [-0.15, -0.1) is 16.8 Å². The number of nitrogens with zero attached hydrogens (tertiary/aromatic N) is 3. The van der Waals surface area contributed by atoms with E-state index in [4.69, 9.17) is 11.6 Å². The van der Waals surface area contributed by atoms with Crippen LogP contribution in [0, 0.1) is 0 Å². The maximum absolute atomic E-state index is 12.8. The monoisotopic (exact) mass is 440 g/mol. The first-order chi connectivity index (χ1) is 14.5. The number of allylic oxidation sites excluding steroid dienone is 1. The van der Waals surface area contributed by atoms with Crippen LogP contribution < -0.4 is 5.32 Å². The van der Waals surface area contributed by atoms with Gasteiger partial charge >= 0.3 is 0 Å². The quantitative estimate of drug-likeness (QED) is 0.328. The Labute approximate surface area is 181 Å². The summed E-state index contributed by atoms with van der Waals surface area (Å²) in [7, 11) is 0. The molecule has 4 rings (SSSR count). The molecule has 0 atom stereocenters. The molecule has 0 fully saturated rings. The van der Waals surface area contributed by atoms with Gasteiger partial charge < -0.3 is 10.4 Å². The number of phenolic OH excluding ortho intramolecular Hbond substituents is 1. The van der Waals surface area contributed by atoms with E-state index >= 15 is 0 Å². The van der Waals surface area contributed by atoms with Crippen LogP contribution in [0.5, 0.6) is 5.75 Å². The number of thioether (sulfide) groups is 1. The first-order valence-corrected chi connectivity index (χ1v) is 10.4. The van der Waals surface area contributed by atoms with Gasteiger partial charge in [0.05, 0.1) is 17.2 Å². The number of carbonyl (C=O) groups excluding carboxylic acids is 2. The molecule has 0 saturated heterocycles. The van der Waals surface area contributed by atoms with Crippen molar-refractivity contribution in [3.05, 3.63) is 65.2 Å². The summed E-state index contributed by atoms with van der Waals surface area (Å²) in [5.41, 5.74) is 2.59. The Morgan fingerprint density at radius 3 is 2.80 bits per heavy atom. The molecule has 1 aliphatic rings. The van der Waals surface area contributed by atoms with Crippen molar-refractivity contribution in [2.75, 3.05) is 11.1 Å². The van der Waals surface area contributed by atoms with Gasteiger partial charge in [-0.05, 0) is 42.0 Å². The largest absolute Gasteiger partial charge is 0.508 e. The Bertz CT molecular complexity index is 1160. The normalized spacial score (nSPS) is 12.5. The molecular formula is C21H17ClN4O3S. The number of nitrogens with one attached hydrogen (secondary N) is 1. The number of fused-ring (bicyclic) bond motifs is 1. The van der Waals surface area contributed by atoms with Crippen LogP contribution in [0.4, 0.5) is 5.69 Å². The van der Waals surface area contributed by atoms with Gasteiger partial charge in [0.2, 0.25) is 5.91 Å². The number of carbonyl (C=O) groups is 2. The van der Waals surface area contributed by atoms with Crippen molar-refractivity contribution in [3.8, 4) is 17.1 Å². The van der Waals surface area contributed by atoms with Crippen LogP contribution in [0.25, 0.3) is 11.4 Å². The second kappa shape index (κ2) is 8.33. The molecule has 3 aromatic rings. The molecule has 0 spiro atoms. The number of aromatic hydroxyl groups is 1. The molecule has 30 heavy (non-hydrogen) atoms. The van der Waals surface area contributed by atoms with Gasteiger partial charge in [-0.2, -0.15) is 0 Å². The second-order valence-electron chi connectivity index (χ2n) is 6.68. The lowest BCUT2D eigenvalue weighted by atomic mass is 10.1. The molecular weight excluding hydrogens is 424 g/mol. The standard InChI is InChI=1S/C21H17ClN4O3S/c1-2-7-26-20(12-3-5-14(27)6-4-12)24-25-21(26)30-11-18(28)15-8-13-9-19(29)23-17(13)10-16(15)22/h2-6,8,10,27H,1,7,9,11H2,(H,23,29). The summed E-state index contributed by atoms with van der Waals surface area (Å²) >= 11 is 7.51. The number of aromatic nitrogens is 3. The molecule has 9 heteroatoms. The summed E-state index contributed by atoms with van der Waals surface area (Å²) in [6.45, 7) is 4.24. The molecule has 2 aromatic carbocycles. The third kappa shape index (κ3) is 3.96. The lowest BCUT2D eigenvalue weighted by molar-refractivity contribution is -0.115. The number of ketones is 1. The number of rotatable bonds is 7. The fraction of sp³-hybridized carbons (Fsp3) is 0.143. The zero-order chi connectivity index (χ0) is 21.3. The van der Waals surface area contributed by atoms with Crippen LogP contribution in [-0.2, 0) is 17.8 Å². The van der Waals surface area contributed by atoms with Gasteiger partial charge in [-0.1, -0.05) is 29.4 Å². The lowest BCUT2D eigenvalue weighted by Gasteiger charge is -2.09. The minimum Gasteiger partial charge on any atom is -0.508 e. The number of Topliss-reactive ketones (excluding diaryl/α,β-unsaturated/α-hetero) is 1. The van der Waals surface area contributed by atoms with E-state index in [0.29, 0.717) is 33.8 Å². The van der Waals surface area contributed by atoms with E-state index in [1.807, 2.05) is 4.57 Å². The Balaban J connectivity index is 1.55. The van der Waals surface area contributed by atoms with Gasteiger partial charge in [0.1, 0.15) is 5.75 Å². The summed E-state index contributed by atoms with van der Waals surface area (Å²) in [6, 6.07) is 9.94. The van der Waals surface area contributed by atoms with Crippen molar-refractivity contribution < 1.29 is 14.7 Å². The molecule has 2 heterocycles. The average Bonchev–Trinajstić information content (AvgIpc) is 3.28. The molecule has 2 N–H and O–H groups in total. The average molecular weight is 441 g/mol. The first-order valence-electron chi connectivity index (χ1n) is 9.08. The maximum atomic E-state index is 12.8.